The molecule has 0 unspecified atom stereocenters. The highest BCUT2D eigenvalue weighted by Crippen LogP contribution is 2.27. The van der Waals surface area contributed by atoms with Crippen molar-refractivity contribution in [3.63, 3.8) is 0 Å². The third-order valence-electron chi connectivity index (χ3n) is 5.31. The predicted octanol–water partition coefficient (Wildman–Crippen LogP) is 3.04. The van der Waals surface area contributed by atoms with Crippen molar-refractivity contribution in [2.24, 2.45) is 5.92 Å². The molecule has 5 nitrogen and oxygen atoms in total. The van der Waals surface area contributed by atoms with Crippen LogP contribution < -0.4 is 9.80 Å². The molecule has 0 aromatic heterocycles. The lowest BCUT2D eigenvalue weighted by atomic mass is 10.1. The van der Waals surface area contributed by atoms with Gasteiger partial charge in [0.05, 0.1) is 5.92 Å². The van der Waals surface area contributed by atoms with Gasteiger partial charge in [-0.25, -0.2) is 0 Å². The fraction of sp³-hybridized carbons (Fsp3) is 0.333. The van der Waals surface area contributed by atoms with Crippen molar-refractivity contribution in [2.75, 3.05) is 42.5 Å². The molecule has 2 aromatic carbocycles. The van der Waals surface area contributed by atoms with E-state index in [9.17, 15) is 9.59 Å². The minimum atomic E-state index is -0.254. The van der Waals surface area contributed by atoms with Gasteiger partial charge < -0.3 is 14.7 Å². The summed E-state index contributed by atoms with van der Waals surface area (Å²) in [6, 6.07) is 17.4. The molecule has 140 valence electrons. The van der Waals surface area contributed by atoms with E-state index in [4.69, 9.17) is 11.6 Å². The molecule has 2 aliphatic heterocycles. The Morgan fingerprint density at radius 3 is 2.33 bits per heavy atom. The van der Waals surface area contributed by atoms with E-state index >= 15 is 0 Å². The summed E-state index contributed by atoms with van der Waals surface area (Å²) < 4.78 is 0. The van der Waals surface area contributed by atoms with Gasteiger partial charge in [-0.3, -0.25) is 9.59 Å². The summed E-state index contributed by atoms with van der Waals surface area (Å²) in [6.45, 7) is 3.35. The SMILES string of the molecule is O=C([C@H]1CC(=O)N(c2ccccc2)C1)N1CCN(c2cccc(Cl)c2)CC1. The number of hydrogen-bond acceptors (Lipinski definition) is 3. The number of halogens is 1. The van der Waals surface area contributed by atoms with E-state index in [0.29, 0.717) is 26.1 Å². The molecule has 4 rings (SSSR count). The number of piperazine rings is 1. The lowest BCUT2D eigenvalue weighted by molar-refractivity contribution is -0.136. The number of amides is 2. The van der Waals surface area contributed by atoms with Crippen LogP contribution in [0.4, 0.5) is 11.4 Å². The molecule has 0 spiro atoms. The molecule has 2 amide bonds. The van der Waals surface area contributed by atoms with E-state index in [1.54, 1.807) is 4.90 Å². The van der Waals surface area contributed by atoms with Gasteiger partial charge in [0.25, 0.3) is 0 Å². The van der Waals surface area contributed by atoms with Crippen LogP contribution in [0.5, 0.6) is 0 Å². The monoisotopic (exact) mass is 383 g/mol. The number of benzene rings is 2. The second kappa shape index (κ2) is 7.61. The minimum Gasteiger partial charge on any atom is -0.368 e. The van der Waals surface area contributed by atoms with Crippen LogP contribution in [0.2, 0.25) is 5.02 Å². The maximum absolute atomic E-state index is 12.9. The summed E-state index contributed by atoms with van der Waals surface area (Å²) in [5, 5.41) is 0.719. The minimum absolute atomic E-state index is 0.0251. The molecule has 0 aliphatic carbocycles. The fourth-order valence-electron chi connectivity index (χ4n) is 3.85. The topological polar surface area (TPSA) is 43.9 Å². The number of nitrogens with zero attached hydrogens (tertiary/aromatic N) is 3. The first-order valence-electron chi connectivity index (χ1n) is 9.26. The van der Waals surface area contributed by atoms with Gasteiger partial charge in [0.1, 0.15) is 0 Å². The second-order valence-electron chi connectivity index (χ2n) is 7.03. The Morgan fingerprint density at radius 1 is 0.926 bits per heavy atom. The van der Waals surface area contributed by atoms with Crippen molar-refractivity contribution in [1.82, 2.24) is 4.90 Å². The van der Waals surface area contributed by atoms with Gasteiger partial charge in [0, 0.05) is 55.5 Å². The molecule has 0 bridgehead atoms. The third kappa shape index (κ3) is 3.78. The molecule has 6 heteroatoms. The van der Waals surface area contributed by atoms with E-state index in [1.807, 2.05) is 59.5 Å². The molecule has 2 aliphatic rings. The van der Waals surface area contributed by atoms with Crippen molar-refractivity contribution < 1.29 is 9.59 Å². The first-order chi connectivity index (χ1) is 13.1. The summed E-state index contributed by atoms with van der Waals surface area (Å²) in [4.78, 5) is 31.2. The Balaban J connectivity index is 1.36. The van der Waals surface area contributed by atoms with Crippen LogP contribution in [-0.4, -0.2) is 49.4 Å². The summed E-state index contributed by atoms with van der Waals surface area (Å²) in [6.07, 6.45) is 0.294. The lowest BCUT2D eigenvalue weighted by Gasteiger charge is -2.37. The van der Waals surface area contributed by atoms with Crippen molar-refractivity contribution in [3.8, 4) is 0 Å². The molecule has 0 N–H and O–H groups in total. The summed E-state index contributed by atoms with van der Waals surface area (Å²) >= 11 is 6.08. The molecule has 0 radical (unpaired) electrons. The van der Waals surface area contributed by atoms with Crippen LogP contribution in [-0.2, 0) is 9.59 Å². The summed E-state index contributed by atoms with van der Waals surface area (Å²) in [5.74, 6) is -0.139. The van der Waals surface area contributed by atoms with Gasteiger partial charge in [-0.1, -0.05) is 35.9 Å². The molecular formula is C21H22ClN3O2. The van der Waals surface area contributed by atoms with E-state index in [2.05, 4.69) is 4.90 Å². The zero-order valence-electron chi connectivity index (χ0n) is 15.1. The highest BCUT2D eigenvalue weighted by molar-refractivity contribution is 6.30. The number of carbonyl (C=O) groups is 2. The Hall–Kier alpha value is -2.53. The van der Waals surface area contributed by atoms with Crippen LogP contribution in [0.15, 0.2) is 54.6 Å². The molecule has 2 fully saturated rings. The normalized spacial score (nSPS) is 20.3. The van der Waals surface area contributed by atoms with Gasteiger partial charge in [-0.2, -0.15) is 0 Å². The Morgan fingerprint density at radius 2 is 1.63 bits per heavy atom. The van der Waals surface area contributed by atoms with Gasteiger partial charge in [-0.15, -0.1) is 0 Å². The largest absolute Gasteiger partial charge is 0.368 e. The highest BCUT2D eigenvalue weighted by Gasteiger charge is 2.37. The van der Waals surface area contributed by atoms with Crippen molar-refractivity contribution >= 4 is 34.8 Å². The molecule has 2 saturated heterocycles. The Bertz CT molecular complexity index is 834. The number of rotatable bonds is 3. The van der Waals surface area contributed by atoms with Gasteiger partial charge in [-0.05, 0) is 30.3 Å². The molecule has 1 atom stereocenters. The van der Waals surface area contributed by atoms with Crippen LogP contribution in [0.25, 0.3) is 0 Å². The smallest absolute Gasteiger partial charge is 0.228 e. The van der Waals surface area contributed by atoms with E-state index in [0.717, 1.165) is 29.5 Å². The predicted molar refractivity (Wildman–Crippen MR) is 107 cm³/mol. The third-order valence-corrected chi connectivity index (χ3v) is 5.54. The highest BCUT2D eigenvalue weighted by atomic mass is 35.5. The molecule has 2 aromatic rings. The first-order valence-corrected chi connectivity index (χ1v) is 9.64. The van der Waals surface area contributed by atoms with E-state index in [1.165, 1.54) is 0 Å². The van der Waals surface area contributed by atoms with Gasteiger partial charge in [0.2, 0.25) is 11.8 Å². The number of hydrogen-bond donors (Lipinski definition) is 0. The van der Waals surface area contributed by atoms with Gasteiger partial charge in [0.15, 0.2) is 0 Å². The van der Waals surface area contributed by atoms with Crippen LogP contribution >= 0.6 is 11.6 Å². The Kier molecular flexibility index (Phi) is 5.03. The standard InChI is InChI=1S/C21H22ClN3O2/c22-17-5-4-8-19(14-17)23-9-11-24(12-10-23)21(27)16-13-20(26)25(15-16)18-6-2-1-3-7-18/h1-8,14,16H,9-13,15H2/t16-/m0/s1. The first kappa shape index (κ1) is 17.9. The molecule has 2 heterocycles. The summed E-state index contributed by atoms with van der Waals surface area (Å²) in [5.41, 5.74) is 1.95. The van der Waals surface area contributed by atoms with Crippen molar-refractivity contribution in [3.05, 3.63) is 59.6 Å². The lowest BCUT2D eigenvalue weighted by Crippen LogP contribution is -2.50. The molecule has 27 heavy (non-hydrogen) atoms. The van der Waals surface area contributed by atoms with Crippen LogP contribution in [0.1, 0.15) is 6.42 Å². The maximum Gasteiger partial charge on any atom is 0.228 e. The average Bonchev–Trinajstić information content (AvgIpc) is 3.10. The quantitative estimate of drug-likeness (QED) is 0.818. The van der Waals surface area contributed by atoms with Crippen molar-refractivity contribution in [2.45, 2.75) is 6.42 Å². The van der Waals surface area contributed by atoms with Crippen LogP contribution in [0.3, 0.4) is 0 Å². The van der Waals surface area contributed by atoms with E-state index < -0.39 is 0 Å². The Labute approximate surface area is 164 Å². The average molecular weight is 384 g/mol. The fourth-order valence-corrected chi connectivity index (χ4v) is 4.03. The second-order valence-corrected chi connectivity index (χ2v) is 7.47. The van der Waals surface area contributed by atoms with Gasteiger partial charge >= 0.3 is 0 Å². The van der Waals surface area contributed by atoms with Crippen molar-refractivity contribution in [1.29, 1.82) is 0 Å². The molecular weight excluding hydrogens is 362 g/mol. The number of carbonyl (C=O) groups excluding carboxylic acids is 2. The zero-order valence-corrected chi connectivity index (χ0v) is 15.8. The maximum atomic E-state index is 12.9. The number of anilines is 2. The van der Waals surface area contributed by atoms with E-state index in [-0.39, 0.29) is 17.7 Å². The zero-order chi connectivity index (χ0) is 18.8. The summed E-state index contributed by atoms with van der Waals surface area (Å²) in [7, 11) is 0. The molecule has 0 saturated carbocycles. The van der Waals surface area contributed by atoms with Crippen LogP contribution in [0, 0.1) is 5.92 Å². The number of para-hydroxylation sites is 1.